The lowest BCUT2D eigenvalue weighted by Gasteiger charge is -2.32. The summed E-state index contributed by atoms with van der Waals surface area (Å²) in [5.41, 5.74) is 7.09. The van der Waals surface area contributed by atoms with E-state index in [2.05, 4.69) is 16.0 Å². The number of nitrogens with zero attached hydrogens (tertiary/aromatic N) is 6. The third kappa shape index (κ3) is 4.82. The van der Waals surface area contributed by atoms with Crippen LogP contribution in [0, 0.1) is 17.2 Å². The van der Waals surface area contributed by atoms with Gasteiger partial charge < -0.3 is 29.4 Å². The summed E-state index contributed by atoms with van der Waals surface area (Å²) < 4.78 is 17.7. The van der Waals surface area contributed by atoms with E-state index in [4.69, 9.17) is 24.9 Å². The van der Waals surface area contributed by atoms with Crippen molar-refractivity contribution in [3.63, 3.8) is 0 Å². The number of nitriles is 1. The first-order valence-corrected chi connectivity index (χ1v) is 12.1. The number of nitrogen functional groups attached to an aromatic ring is 1. The van der Waals surface area contributed by atoms with Crippen LogP contribution in [0.5, 0.6) is 11.5 Å². The van der Waals surface area contributed by atoms with Crippen LogP contribution >= 0.6 is 11.8 Å². The van der Waals surface area contributed by atoms with Gasteiger partial charge in [-0.05, 0) is 43.0 Å². The lowest BCUT2D eigenvalue weighted by Crippen LogP contribution is -2.40. The Hall–Kier alpha value is -3.56. The Kier molecular flexibility index (Phi) is 6.61. The highest BCUT2D eigenvalue weighted by molar-refractivity contribution is 7.99. The molecule has 4 aliphatic rings. The Bertz CT molecular complexity index is 1250. The molecule has 12 heteroatoms. The highest BCUT2D eigenvalue weighted by Crippen LogP contribution is 2.41. The van der Waals surface area contributed by atoms with Crippen LogP contribution in [-0.4, -0.2) is 63.9 Å². The summed E-state index contributed by atoms with van der Waals surface area (Å²) >= 11 is 1.28. The monoisotopic (exact) mass is 495 g/mol. The first-order chi connectivity index (χ1) is 17.1. The lowest BCUT2D eigenvalue weighted by atomic mass is 9.93. The largest absolute Gasteiger partial charge is 0.454 e. The van der Waals surface area contributed by atoms with Gasteiger partial charge in [0.25, 0.3) is 0 Å². The average molecular weight is 496 g/mol. The van der Waals surface area contributed by atoms with E-state index in [1.807, 2.05) is 9.47 Å². The van der Waals surface area contributed by atoms with Crippen molar-refractivity contribution in [1.82, 2.24) is 24.4 Å². The van der Waals surface area contributed by atoms with Gasteiger partial charge in [0.2, 0.25) is 12.7 Å². The number of hydrogen-bond donors (Lipinski definition) is 1. The number of fused-ring (bicyclic) bond motifs is 2. The lowest BCUT2D eigenvalue weighted by molar-refractivity contribution is -0.136. The molecule has 0 spiro atoms. The number of anilines is 1. The SMILES string of the molecule is COCC(=O)N1CCC(CCn2cnc(N)c3nc(Sc4cc5c(cc4C#N)OCO5)nc2-3)CC1. The van der Waals surface area contributed by atoms with Gasteiger partial charge in [-0.25, -0.2) is 15.0 Å². The average Bonchev–Trinajstić information content (AvgIpc) is 3.51. The van der Waals surface area contributed by atoms with E-state index in [1.165, 1.54) is 18.9 Å². The number of carbonyl (C=O) groups is 1. The molecule has 4 heterocycles. The first kappa shape index (κ1) is 23.2. The van der Waals surface area contributed by atoms with Crippen LogP contribution in [-0.2, 0) is 16.1 Å². The molecular weight excluding hydrogens is 470 g/mol. The number of methoxy groups -OCH3 is 1. The summed E-state index contributed by atoms with van der Waals surface area (Å²) in [4.78, 5) is 28.2. The normalized spacial score (nSPS) is 15.5. The second-order valence-corrected chi connectivity index (χ2v) is 9.47. The van der Waals surface area contributed by atoms with Gasteiger partial charge in [0.1, 0.15) is 12.7 Å². The van der Waals surface area contributed by atoms with Crippen LogP contribution in [0.15, 0.2) is 28.5 Å². The minimum atomic E-state index is 0.0453. The van der Waals surface area contributed by atoms with E-state index in [-0.39, 0.29) is 19.3 Å². The van der Waals surface area contributed by atoms with Gasteiger partial charge in [-0.2, -0.15) is 5.26 Å². The van der Waals surface area contributed by atoms with Crippen molar-refractivity contribution in [3.8, 4) is 29.1 Å². The molecule has 35 heavy (non-hydrogen) atoms. The molecule has 0 saturated carbocycles. The quantitative estimate of drug-likeness (QED) is 0.519. The van der Waals surface area contributed by atoms with Gasteiger partial charge in [0.05, 0.1) is 11.9 Å². The van der Waals surface area contributed by atoms with Crippen molar-refractivity contribution in [2.45, 2.75) is 35.9 Å². The van der Waals surface area contributed by atoms with Gasteiger partial charge in [0.15, 0.2) is 34.0 Å². The number of aryl methyl sites for hydroxylation is 1. The molecule has 1 amide bonds. The molecule has 0 atom stereocenters. The Labute approximate surface area is 206 Å². The summed E-state index contributed by atoms with van der Waals surface area (Å²) in [5.74, 6) is 2.67. The molecule has 1 fully saturated rings. The molecule has 182 valence electrons. The van der Waals surface area contributed by atoms with Gasteiger partial charge in [-0.1, -0.05) is 0 Å². The van der Waals surface area contributed by atoms with Crippen molar-refractivity contribution in [2.75, 3.05) is 39.3 Å². The maximum atomic E-state index is 12.0. The number of carbonyl (C=O) groups excluding carboxylic acids is 1. The number of imidazole rings is 1. The van der Waals surface area contributed by atoms with Gasteiger partial charge >= 0.3 is 0 Å². The maximum Gasteiger partial charge on any atom is 0.248 e. The number of amides is 1. The zero-order chi connectivity index (χ0) is 24.4. The fourth-order valence-electron chi connectivity index (χ4n) is 4.34. The zero-order valence-electron chi connectivity index (χ0n) is 19.3. The van der Waals surface area contributed by atoms with Crippen molar-refractivity contribution in [1.29, 1.82) is 5.26 Å². The Morgan fingerprint density at radius 3 is 2.80 bits per heavy atom. The van der Waals surface area contributed by atoms with E-state index in [1.54, 1.807) is 18.5 Å². The fourth-order valence-corrected chi connectivity index (χ4v) is 5.19. The van der Waals surface area contributed by atoms with Gasteiger partial charge in [0, 0.05) is 37.7 Å². The molecular formula is C23H25N7O4S. The molecule has 0 aliphatic carbocycles. The highest BCUT2D eigenvalue weighted by atomic mass is 32.2. The van der Waals surface area contributed by atoms with E-state index in [9.17, 15) is 10.1 Å². The van der Waals surface area contributed by atoms with Crippen molar-refractivity contribution < 1.29 is 19.0 Å². The zero-order valence-corrected chi connectivity index (χ0v) is 20.1. The smallest absolute Gasteiger partial charge is 0.248 e. The predicted molar refractivity (Wildman–Crippen MR) is 126 cm³/mol. The fraction of sp³-hybridized carbons (Fsp3) is 0.435. The Balaban J connectivity index is 1.29. The third-order valence-electron chi connectivity index (χ3n) is 6.28. The van der Waals surface area contributed by atoms with Crippen LogP contribution in [0.25, 0.3) is 11.5 Å². The minimum absolute atomic E-state index is 0.0453. The van der Waals surface area contributed by atoms with Crippen molar-refractivity contribution >= 4 is 23.5 Å². The van der Waals surface area contributed by atoms with Crippen LogP contribution in [0.1, 0.15) is 24.8 Å². The van der Waals surface area contributed by atoms with E-state index in [0.29, 0.717) is 50.4 Å². The predicted octanol–water partition coefficient (Wildman–Crippen LogP) is 2.39. The summed E-state index contributed by atoms with van der Waals surface area (Å²) in [6.07, 6.45) is 4.54. The third-order valence-corrected chi connectivity index (χ3v) is 7.20. The summed E-state index contributed by atoms with van der Waals surface area (Å²) in [5, 5.41) is 10.0. The van der Waals surface area contributed by atoms with Gasteiger partial charge in [-0.3, -0.25) is 4.79 Å². The van der Waals surface area contributed by atoms with E-state index >= 15 is 0 Å². The number of aromatic nitrogens is 4. The molecule has 2 N–H and O–H groups in total. The van der Waals surface area contributed by atoms with Gasteiger partial charge in [-0.15, -0.1) is 0 Å². The number of rotatable bonds is 7. The highest BCUT2D eigenvalue weighted by Gasteiger charge is 2.25. The summed E-state index contributed by atoms with van der Waals surface area (Å²) in [7, 11) is 1.54. The second-order valence-electron chi connectivity index (χ2n) is 8.46. The number of nitrogens with two attached hydrogens (primary N) is 1. The number of piperidine rings is 1. The van der Waals surface area contributed by atoms with E-state index in [0.717, 1.165) is 38.9 Å². The molecule has 1 aromatic carbocycles. The molecule has 0 unspecified atom stereocenters. The summed E-state index contributed by atoms with van der Waals surface area (Å²) in [6.45, 7) is 2.49. The standard InChI is InChI=1S/C23H25N7O4S/c1-32-11-19(31)29-5-2-14(3-6-29)4-7-30-12-26-21(25)20-22(30)28-23(27-20)35-18-9-17-16(33-13-34-17)8-15(18)10-24/h8-9,12,14H,2-7,11,13,25H2,1H3. The molecule has 4 aliphatic heterocycles. The minimum Gasteiger partial charge on any atom is -0.454 e. The van der Waals surface area contributed by atoms with Crippen LogP contribution < -0.4 is 15.2 Å². The van der Waals surface area contributed by atoms with Crippen molar-refractivity contribution in [2.24, 2.45) is 5.92 Å². The second kappa shape index (κ2) is 9.97. The molecule has 11 nitrogen and oxygen atoms in total. The van der Waals surface area contributed by atoms with Crippen LogP contribution in [0.3, 0.4) is 0 Å². The molecule has 0 aromatic heterocycles. The number of hydrogen-bond acceptors (Lipinski definition) is 10. The Morgan fingerprint density at radius 1 is 1.29 bits per heavy atom. The molecule has 1 aromatic rings. The number of ether oxygens (including phenoxy) is 3. The number of likely N-dealkylation sites (tertiary alicyclic amines) is 1. The van der Waals surface area contributed by atoms with Crippen LogP contribution in [0.2, 0.25) is 0 Å². The molecule has 0 radical (unpaired) electrons. The van der Waals surface area contributed by atoms with E-state index < -0.39 is 0 Å². The molecule has 0 bridgehead atoms. The summed E-state index contributed by atoms with van der Waals surface area (Å²) in [6, 6.07) is 5.62. The van der Waals surface area contributed by atoms with Crippen molar-refractivity contribution in [3.05, 3.63) is 24.0 Å². The molecule has 5 rings (SSSR count). The maximum absolute atomic E-state index is 12.0. The first-order valence-electron chi connectivity index (χ1n) is 11.3. The van der Waals surface area contributed by atoms with Crippen LogP contribution in [0.4, 0.5) is 5.82 Å². The molecule has 1 saturated heterocycles. The topological polar surface area (TPSA) is 141 Å². The Morgan fingerprint density at radius 2 is 2.06 bits per heavy atom. The number of benzene rings is 1.